The van der Waals surface area contributed by atoms with Crippen LogP contribution in [0.2, 0.25) is 51.4 Å². The maximum Gasteiger partial charge on any atom is 0.408 e. The Bertz CT molecular complexity index is 2190. The van der Waals surface area contributed by atoms with Crippen LogP contribution in [0.1, 0.15) is 69.2 Å². The molecule has 2 aliphatic carbocycles. The van der Waals surface area contributed by atoms with Crippen LogP contribution in [0.3, 0.4) is 0 Å². The summed E-state index contributed by atoms with van der Waals surface area (Å²) in [5.41, 5.74) is 14.5. The Morgan fingerprint density at radius 3 is 1.56 bits per heavy atom. The summed E-state index contributed by atoms with van der Waals surface area (Å²) >= 11 is 0. The minimum atomic E-state index is -1.16. The standard InChI is InChI=1S/C32H48N4O4Si.C18H27N3OSi/c1-9-26-27(21(2)35-36(26)20-39-18-19-41(6,7)8)22-14-16-25(17-15-22)33-30(37)29(34-31(38)40-32(3,4)5)28(23-10-11-23)24-12-13-24;1-6-17-18(15-7-9-16(19)10-8-15)14(2)20-21(17)13-22-11-12-23(3,4)5/h9,14-17,23-24,28-29H,1,10-13,18-20H2,2-8H3,(H,33,37)(H,34,38);6-10H,1,11-13,19H2,2-5H3/t29-;/m0./s1. The van der Waals surface area contributed by atoms with E-state index in [4.69, 9.17) is 25.0 Å². The largest absolute Gasteiger partial charge is 0.444 e. The average molecular weight is 910 g/mol. The molecular weight excluding hydrogens is 835 g/mol. The van der Waals surface area contributed by atoms with E-state index in [0.717, 1.165) is 102 Å². The molecule has 2 heterocycles. The van der Waals surface area contributed by atoms with Crippen molar-refractivity contribution in [3.05, 3.63) is 84.5 Å². The number of anilines is 2. The number of carbonyl (C=O) groups is 2. The average Bonchev–Trinajstić information content (AvgIpc) is 4.15. The van der Waals surface area contributed by atoms with Crippen molar-refractivity contribution in [3.63, 3.8) is 0 Å². The number of ether oxygens (including phenoxy) is 3. The highest BCUT2D eigenvalue weighted by molar-refractivity contribution is 6.76. The van der Waals surface area contributed by atoms with Gasteiger partial charge in [-0.25, -0.2) is 14.2 Å². The Kier molecular flexibility index (Phi) is 16.9. The minimum absolute atomic E-state index is 0.137. The van der Waals surface area contributed by atoms with E-state index in [-0.39, 0.29) is 11.8 Å². The smallest absolute Gasteiger partial charge is 0.408 e. The van der Waals surface area contributed by atoms with Crippen molar-refractivity contribution >= 4 is 51.7 Å². The minimum Gasteiger partial charge on any atom is -0.444 e. The summed E-state index contributed by atoms with van der Waals surface area (Å²) < 4.78 is 21.0. The SMILES string of the molecule is C=Cc1c(-c2ccc(N)cc2)c(C)nn1COCC[Si](C)(C)C.C=Cc1c(-c2ccc(NC(=O)[C@@H](NC(=O)OC(C)(C)C)C(C3CC3)C3CC3)cc2)c(C)nn1COCC[Si](C)(C)C. The second-order valence-corrected chi connectivity index (χ2v) is 32.1. The predicted molar refractivity (Wildman–Crippen MR) is 268 cm³/mol. The Labute approximate surface area is 384 Å². The first-order chi connectivity index (χ1) is 30.1. The molecule has 0 bridgehead atoms. The summed E-state index contributed by atoms with van der Waals surface area (Å²) in [7, 11) is -2.23. The molecule has 348 valence electrons. The van der Waals surface area contributed by atoms with E-state index < -0.39 is 33.9 Å². The number of alkyl carbamates (subject to hydrolysis) is 1. The van der Waals surface area contributed by atoms with E-state index in [2.05, 4.69) is 68.2 Å². The van der Waals surface area contributed by atoms with Gasteiger partial charge in [-0.3, -0.25) is 4.79 Å². The number of aromatic nitrogens is 4. The van der Waals surface area contributed by atoms with Gasteiger partial charge in [0.15, 0.2) is 0 Å². The van der Waals surface area contributed by atoms with E-state index in [0.29, 0.717) is 31.0 Å². The monoisotopic (exact) mass is 910 g/mol. The number of benzene rings is 2. The number of nitrogens with one attached hydrogen (secondary N) is 2. The number of rotatable bonds is 20. The molecule has 4 N–H and O–H groups in total. The van der Waals surface area contributed by atoms with Gasteiger partial charge in [-0.2, -0.15) is 10.2 Å². The van der Waals surface area contributed by atoms with Gasteiger partial charge in [0.25, 0.3) is 0 Å². The lowest BCUT2D eigenvalue weighted by Crippen LogP contribution is -2.51. The van der Waals surface area contributed by atoms with Gasteiger partial charge >= 0.3 is 6.09 Å². The number of nitrogens with zero attached hydrogens (tertiary/aromatic N) is 4. The summed E-state index contributed by atoms with van der Waals surface area (Å²) in [6.07, 6.45) is 7.54. The highest BCUT2D eigenvalue weighted by atomic mass is 28.3. The normalized spacial score (nSPS) is 14.7. The number of hydrogen-bond acceptors (Lipinski definition) is 8. The van der Waals surface area contributed by atoms with Crippen LogP contribution < -0.4 is 16.4 Å². The van der Waals surface area contributed by atoms with Gasteiger partial charge in [0, 0.05) is 51.9 Å². The zero-order valence-corrected chi connectivity index (χ0v) is 42.5. The van der Waals surface area contributed by atoms with E-state index >= 15 is 0 Å². The quantitative estimate of drug-likeness (QED) is 0.0451. The van der Waals surface area contributed by atoms with Gasteiger partial charge in [0.1, 0.15) is 25.1 Å². The van der Waals surface area contributed by atoms with Crippen molar-refractivity contribution in [2.45, 2.75) is 137 Å². The van der Waals surface area contributed by atoms with Crippen molar-refractivity contribution in [3.8, 4) is 22.3 Å². The Morgan fingerprint density at radius 2 is 1.19 bits per heavy atom. The molecule has 2 saturated carbocycles. The van der Waals surface area contributed by atoms with Crippen LogP contribution in [-0.2, 0) is 32.5 Å². The lowest BCUT2D eigenvalue weighted by atomic mass is 9.88. The number of carbonyl (C=O) groups excluding carboxylic acids is 2. The fraction of sp³-hybridized carbons (Fsp3) is 0.520. The molecule has 2 aliphatic rings. The molecule has 2 fully saturated rings. The van der Waals surface area contributed by atoms with Gasteiger partial charge in [-0.1, -0.05) is 76.7 Å². The first-order valence-electron chi connectivity index (χ1n) is 22.9. The van der Waals surface area contributed by atoms with Crippen LogP contribution in [0.5, 0.6) is 0 Å². The molecule has 2 amide bonds. The summed E-state index contributed by atoms with van der Waals surface area (Å²) in [6.45, 7) is 33.9. The summed E-state index contributed by atoms with van der Waals surface area (Å²) in [4.78, 5) is 26.3. The van der Waals surface area contributed by atoms with Crippen LogP contribution in [-0.4, -0.2) is 72.6 Å². The zero-order chi connectivity index (χ0) is 47.0. The van der Waals surface area contributed by atoms with Gasteiger partial charge in [0.05, 0.1) is 22.8 Å². The second-order valence-electron chi connectivity index (χ2n) is 20.9. The molecule has 0 unspecified atom stereocenters. The topological polar surface area (TPSA) is 148 Å². The lowest BCUT2D eigenvalue weighted by molar-refractivity contribution is -0.120. The van der Waals surface area contributed by atoms with Crippen LogP contribution in [0.15, 0.2) is 61.7 Å². The molecule has 64 heavy (non-hydrogen) atoms. The molecule has 2 aromatic carbocycles. The molecule has 0 radical (unpaired) electrons. The first-order valence-corrected chi connectivity index (χ1v) is 30.3. The summed E-state index contributed by atoms with van der Waals surface area (Å²) in [5, 5.41) is 15.3. The van der Waals surface area contributed by atoms with Crippen molar-refractivity contribution in [1.82, 2.24) is 24.9 Å². The third-order valence-electron chi connectivity index (χ3n) is 11.5. The number of nitrogen functional groups attached to an aromatic ring is 1. The number of amides is 2. The Balaban J connectivity index is 0.000000283. The first kappa shape index (κ1) is 50.2. The van der Waals surface area contributed by atoms with Crippen molar-refractivity contribution in [2.24, 2.45) is 17.8 Å². The van der Waals surface area contributed by atoms with Crippen molar-refractivity contribution in [1.29, 1.82) is 0 Å². The predicted octanol–water partition coefficient (Wildman–Crippen LogP) is 11.5. The molecule has 0 saturated heterocycles. The van der Waals surface area contributed by atoms with Gasteiger partial charge in [-0.15, -0.1) is 0 Å². The molecule has 4 aromatic rings. The number of aryl methyl sites for hydroxylation is 2. The van der Waals surface area contributed by atoms with E-state index in [1.807, 2.05) is 105 Å². The van der Waals surface area contributed by atoms with Crippen molar-refractivity contribution in [2.75, 3.05) is 24.3 Å². The molecule has 0 aliphatic heterocycles. The maximum atomic E-state index is 13.6. The lowest BCUT2D eigenvalue weighted by Gasteiger charge is -2.29. The fourth-order valence-corrected chi connectivity index (χ4v) is 9.35. The summed E-state index contributed by atoms with van der Waals surface area (Å²) in [5.74, 6) is 0.899. The van der Waals surface area contributed by atoms with Gasteiger partial charge in [-0.05, 0) is 138 Å². The number of nitrogens with two attached hydrogens (primary N) is 1. The van der Waals surface area contributed by atoms with Crippen LogP contribution in [0.4, 0.5) is 16.2 Å². The van der Waals surface area contributed by atoms with E-state index in [1.54, 1.807) is 0 Å². The van der Waals surface area contributed by atoms with Crippen molar-refractivity contribution < 1.29 is 23.8 Å². The molecule has 14 heteroatoms. The van der Waals surface area contributed by atoms with Gasteiger partial charge in [0.2, 0.25) is 5.91 Å². The summed E-state index contributed by atoms with van der Waals surface area (Å²) in [6, 6.07) is 17.2. The van der Waals surface area contributed by atoms with Crippen LogP contribution >= 0.6 is 0 Å². The van der Waals surface area contributed by atoms with Crippen LogP contribution in [0.25, 0.3) is 34.4 Å². The van der Waals surface area contributed by atoms with E-state index in [1.165, 1.54) is 0 Å². The molecule has 1 atom stereocenters. The molecule has 0 spiro atoms. The highest BCUT2D eigenvalue weighted by Gasteiger charge is 2.48. The van der Waals surface area contributed by atoms with E-state index in [9.17, 15) is 9.59 Å². The Morgan fingerprint density at radius 1 is 0.766 bits per heavy atom. The molecule has 12 nitrogen and oxygen atoms in total. The maximum absolute atomic E-state index is 13.6. The fourth-order valence-electron chi connectivity index (χ4n) is 7.84. The van der Waals surface area contributed by atoms with Gasteiger partial charge < -0.3 is 30.6 Å². The molecule has 2 aromatic heterocycles. The Hall–Kier alpha value is -4.77. The molecular formula is C50H75N7O5Si2. The van der Waals surface area contributed by atoms with Crippen LogP contribution in [0, 0.1) is 31.6 Å². The zero-order valence-electron chi connectivity index (χ0n) is 40.5. The highest BCUT2D eigenvalue weighted by Crippen LogP contribution is 2.51. The third-order valence-corrected chi connectivity index (χ3v) is 14.9. The third kappa shape index (κ3) is 14.9. The second kappa shape index (κ2) is 21.5. The number of hydrogen-bond donors (Lipinski definition) is 3. The molecule has 6 rings (SSSR count).